The Hall–Kier alpha value is -1.78. The van der Waals surface area contributed by atoms with Gasteiger partial charge in [-0.1, -0.05) is 29.3 Å². The highest BCUT2D eigenvalue weighted by atomic mass is 35.5. The van der Waals surface area contributed by atoms with E-state index in [1.807, 2.05) is 0 Å². The van der Waals surface area contributed by atoms with Crippen molar-refractivity contribution in [2.45, 2.75) is 0 Å². The minimum absolute atomic E-state index is 0.175. The predicted molar refractivity (Wildman–Crippen MR) is 68.5 cm³/mol. The number of nitro groups is 1. The SMILES string of the molecule is O=[N+]([O-])c1[c]ccc(Oc2cccc(Cl)c2Cl)c1. The molecule has 0 amide bonds. The Labute approximate surface area is 113 Å². The number of nitro benzene ring substituents is 1. The Bertz CT molecular complexity index is 602. The molecule has 0 unspecified atom stereocenters. The number of rotatable bonds is 3. The molecule has 0 N–H and O–H groups in total. The summed E-state index contributed by atoms with van der Waals surface area (Å²) < 4.78 is 5.44. The highest BCUT2D eigenvalue weighted by Crippen LogP contribution is 2.35. The number of benzene rings is 2. The van der Waals surface area contributed by atoms with Crippen LogP contribution < -0.4 is 4.74 Å². The van der Waals surface area contributed by atoms with E-state index in [-0.39, 0.29) is 10.7 Å². The van der Waals surface area contributed by atoms with Crippen LogP contribution in [0.25, 0.3) is 0 Å². The summed E-state index contributed by atoms with van der Waals surface area (Å²) in [6.45, 7) is 0. The van der Waals surface area contributed by atoms with Gasteiger partial charge in [-0.2, -0.15) is 0 Å². The second-order valence-electron chi connectivity index (χ2n) is 3.32. The molecule has 0 heterocycles. The number of hydrogen-bond acceptors (Lipinski definition) is 3. The normalized spacial score (nSPS) is 10.1. The van der Waals surface area contributed by atoms with Crippen molar-refractivity contribution < 1.29 is 9.66 Å². The average Bonchev–Trinajstić information content (AvgIpc) is 2.35. The van der Waals surface area contributed by atoms with Crippen LogP contribution in [0.15, 0.2) is 36.4 Å². The summed E-state index contributed by atoms with van der Waals surface area (Å²) in [5.41, 5.74) is -0.175. The number of non-ortho nitro benzene ring substituents is 1. The van der Waals surface area contributed by atoms with Crippen molar-refractivity contribution in [1.82, 2.24) is 0 Å². The first kappa shape index (κ1) is 12.7. The second-order valence-corrected chi connectivity index (χ2v) is 4.11. The molecule has 0 aliphatic rings. The second kappa shape index (κ2) is 5.25. The maximum Gasteiger partial charge on any atom is 0.281 e. The molecule has 0 atom stereocenters. The van der Waals surface area contributed by atoms with Crippen molar-refractivity contribution >= 4 is 28.9 Å². The molecule has 0 bridgehead atoms. The van der Waals surface area contributed by atoms with Crippen molar-refractivity contribution in [3.8, 4) is 11.5 Å². The first-order chi connectivity index (χ1) is 8.58. The summed E-state index contributed by atoms with van der Waals surface area (Å²) in [5.74, 6) is 0.634. The van der Waals surface area contributed by atoms with E-state index in [1.165, 1.54) is 12.1 Å². The van der Waals surface area contributed by atoms with E-state index < -0.39 is 4.92 Å². The highest BCUT2D eigenvalue weighted by Gasteiger charge is 2.10. The lowest BCUT2D eigenvalue weighted by atomic mass is 10.3. The molecule has 18 heavy (non-hydrogen) atoms. The van der Waals surface area contributed by atoms with Crippen LogP contribution in [-0.4, -0.2) is 4.92 Å². The first-order valence-corrected chi connectivity index (χ1v) is 5.61. The topological polar surface area (TPSA) is 52.4 Å². The van der Waals surface area contributed by atoms with Gasteiger partial charge in [0, 0.05) is 0 Å². The molecule has 0 aliphatic heterocycles. The van der Waals surface area contributed by atoms with Crippen molar-refractivity contribution in [3.63, 3.8) is 0 Å². The minimum atomic E-state index is -0.549. The van der Waals surface area contributed by atoms with Crippen LogP contribution in [0.4, 0.5) is 5.69 Å². The zero-order valence-corrected chi connectivity index (χ0v) is 10.4. The van der Waals surface area contributed by atoms with E-state index in [0.717, 1.165) is 0 Å². The zero-order valence-electron chi connectivity index (χ0n) is 8.89. The summed E-state index contributed by atoms with van der Waals surface area (Å²) in [6.07, 6.45) is 0. The van der Waals surface area contributed by atoms with Crippen molar-refractivity contribution in [2.24, 2.45) is 0 Å². The zero-order chi connectivity index (χ0) is 13.1. The van der Waals surface area contributed by atoms with Crippen LogP contribution in [-0.2, 0) is 0 Å². The maximum atomic E-state index is 10.6. The molecule has 6 heteroatoms. The Morgan fingerprint density at radius 2 is 2.06 bits per heavy atom. The minimum Gasteiger partial charge on any atom is -0.455 e. The third-order valence-electron chi connectivity index (χ3n) is 2.10. The molecule has 0 fully saturated rings. The largest absolute Gasteiger partial charge is 0.455 e. The van der Waals surface area contributed by atoms with Gasteiger partial charge in [0.25, 0.3) is 5.69 Å². The lowest BCUT2D eigenvalue weighted by molar-refractivity contribution is -0.385. The molecule has 0 aromatic heterocycles. The quantitative estimate of drug-likeness (QED) is 0.615. The van der Waals surface area contributed by atoms with Gasteiger partial charge in [0.05, 0.1) is 22.1 Å². The molecule has 91 valence electrons. The Balaban J connectivity index is 2.31. The van der Waals surface area contributed by atoms with E-state index in [4.69, 9.17) is 27.9 Å². The lowest BCUT2D eigenvalue weighted by Crippen LogP contribution is -1.90. The van der Waals surface area contributed by atoms with Gasteiger partial charge in [-0.15, -0.1) is 0 Å². The van der Waals surface area contributed by atoms with Crippen molar-refractivity contribution in [3.05, 3.63) is 62.6 Å². The van der Waals surface area contributed by atoms with Crippen LogP contribution >= 0.6 is 23.2 Å². The van der Waals surface area contributed by atoms with E-state index in [0.29, 0.717) is 16.5 Å². The summed E-state index contributed by atoms with van der Waals surface area (Å²) in [5, 5.41) is 11.2. The van der Waals surface area contributed by atoms with Gasteiger partial charge in [-0.3, -0.25) is 10.1 Å². The van der Waals surface area contributed by atoms with E-state index in [9.17, 15) is 10.1 Å². The molecule has 0 saturated carbocycles. The van der Waals surface area contributed by atoms with Gasteiger partial charge in [0.2, 0.25) is 0 Å². The fourth-order valence-electron chi connectivity index (χ4n) is 1.29. The fourth-order valence-corrected chi connectivity index (χ4v) is 1.62. The fraction of sp³-hybridized carbons (Fsp3) is 0. The van der Waals surface area contributed by atoms with Crippen LogP contribution in [0.3, 0.4) is 0 Å². The summed E-state index contributed by atoms with van der Waals surface area (Å²) in [6, 6.07) is 11.6. The summed E-state index contributed by atoms with van der Waals surface area (Å²) in [4.78, 5) is 10.0. The van der Waals surface area contributed by atoms with E-state index in [2.05, 4.69) is 6.07 Å². The van der Waals surface area contributed by atoms with Gasteiger partial charge < -0.3 is 4.74 Å². The summed E-state index contributed by atoms with van der Waals surface area (Å²) in [7, 11) is 0. The van der Waals surface area contributed by atoms with Crippen LogP contribution in [0.2, 0.25) is 10.0 Å². The van der Waals surface area contributed by atoms with Crippen LogP contribution in [0.5, 0.6) is 11.5 Å². The van der Waals surface area contributed by atoms with Gasteiger partial charge >= 0.3 is 0 Å². The van der Waals surface area contributed by atoms with Crippen molar-refractivity contribution in [2.75, 3.05) is 0 Å². The van der Waals surface area contributed by atoms with Crippen molar-refractivity contribution in [1.29, 1.82) is 0 Å². The van der Waals surface area contributed by atoms with Gasteiger partial charge in [0.15, 0.2) is 0 Å². The van der Waals surface area contributed by atoms with E-state index in [1.54, 1.807) is 24.3 Å². The lowest BCUT2D eigenvalue weighted by Gasteiger charge is -2.07. The molecule has 1 radical (unpaired) electrons. The number of ether oxygens (including phenoxy) is 1. The molecular formula is C12H6Cl2NO3. The Morgan fingerprint density at radius 3 is 2.78 bits per heavy atom. The third-order valence-corrected chi connectivity index (χ3v) is 2.90. The van der Waals surface area contributed by atoms with Crippen LogP contribution in [0, 0.1) is 16.2 Å². The molecule has 0 saturated heterocycles. The molecule has 2 aromatic carbocycles. The summed E-state index contributed by atoms with van der Waals surface area (Å²) >= 11 is 11.8. The third kappa shape index (κ3) is 2.72. The number of nitrogens with zero attached hydrogens (tertiary/aromatic N) is 1. The monoisotopic (exact) mass is 282 g/mol. The molecule has 0 spiro atoms. The first-order valence-electron chi connectivity index (χ1n) is 4.86. The molecule has 2 rings (SSSR count). The predicted octanol–water partition coefficient (Wildman–Crippen LogP) is 4.49. The molecule has 2 aromatic rings. The number of halogens is 2. The average molecular weight is 283 g/mol. The standard InChI is InChI=1S/C12H6Cl2NO3/c13-10-5-2-6-11(12(10)14)18-9-4-1-3-8(7-9)15(16)17/h1-2,4-7H. The molecular weight excluding hydrogens is 277 g/mol. The number of hydrogen-bond donors (Lipinski definition) is 0. The Morgan fingerprint density at radius 1 is 1.28 bits per heavy atom. The van der Waals surface area contributed by atoms with Gasteiger partial charge in [0.1, 0.15) is 16.5 Å². The van der Waals surface area contributed by atoms with Gasteiger partial charge in [-0.25, -0.2) is 0 Å². The van der Waals surface area contributed by atoms with Crippen LogP contribution in [0.1, 0.15) is 0 Å². The Kier molecular flexibility index (Phi) is 3.69. The molecule has 0 aliphatic carbocycles. The molecule has 4 nitrogen and oxygen atoms in total. The van der Waals surface area contributed by atoms with Gasteiger partial charge in [-0.05, 0) is 24.3 Å². The smallest absolute Gasteiger partial charge is 0.281 e. The highest BCUT2D eigenvalue weighted by molar-refractivity contribution is 6.42. The maximum absolute atomic E-state index is 10.6. The van der Waals surface area contributed by atoms with E-state index >= 15 is 0 Å².